The number of hydrogen-bond donors (Lipinski definition) is 2. The summed E-state index contributed by atoms with van der Waals surface area (Å²) in [6.45, 7) is 3.52. The van der Waals surface area contributed by atoms with Crippen LogP contribution in [0.5, 0.6) is 5.75 Å². The third kappa shape index (κ3) is 3.54. The van der Waals surface area contributed by atoms with Crippen LogP contribution in [0.3, 0.4) is 0 Å². The summed E-state index contributed by atoms with van der Waals surface area (Å²) < 4.78 is 29.7. The maximum atomic E-state index is 12.3. The SMILES string of the molecule is Cc1ccc(OS(=O)(=O)c2ccc(C(=O)O)c(C(=O)O)c2)c(C)c1. The first-order valence-corrected chi connectivity index (χ1v) is 8.15. The molecule has 0 bridgehead atoms. The number of carboxylic acids is 2. The molecule has 7 nitrogen and oxygen atoms in total. The first-order chi connectivity index (χ1) is 11.1. The van der Waals surface area contributed by atoms with E-state index in [0.29, 0.717) is 5.56 Å². The molecule has 0 aliphatic rings. The predicted octanol–water partition coefficient (Wildman–Crippen LogP) is 2.47. The van der Waals surface area contributed by atoms with Crippen LogP contribution in [0.25, 0.3) is 0 Å². The van der Waals surface area contributed by atoms with E-state index in [4.69, 9.17) is 14.4 Å². The van der Waals surface area contributed by atoms with E-state index in [1.54, 1.807) is 19.1 Å². The standard InChI is InChI=1S/C16H14O7S/c1-9-3-6-14(10(2)7-9)23-24(21,22)11-4-5-12(15(17)18)13(8-11)16(19)20/h3-8H,1-2H3,(H,17,18)(H,19,20). The first-order valence-electron chi connectivity index (χ1n) is 6.74. The van der Waals surface area contributed by atoms with E-state index in [1.807, 2.05) is 6.92 Å². The van der Waals surface area contributed by atoms with Gasteiger partial charge in [0.05, 0.1) is 11.1 Å². The van der Waals surface area contributed by atoms with Crippen LogP contribution in [-0.4, -0.2) is 30.6 Å². The lowest BCUT2D eigenvalue weighted by Gasteiger charge is -2.11. The molecule has 2 aromatic rings. The Bertz CT molecular complexity index is 929. The minimum absolute atomic E-state index is 0.111. The van der Waals surface area contributed by atoms with Gasteiger partial charge in [-0.1, -0.05) is 17.7 Å². The normalized spacial score (nSPS) is 11.1. The molecule has 0 aliphatic carbocycles. The van der Waals surface area contributed by atoms with Crippen molar-refractivity contribution >= 4 is 22.1 Å². The molecule has 8 heteroatoms. The number of benzene rings is 2. The first kappa shape index (κ1) is 17.5. The van der Waals surface area contributed by atoms with Crippen LogP contribution >= 0.6 is 0 Å². The van der Waals surface area contributed by atoms with E-state index >= 15 is 0 Å². The maximum Gasteiger partial charge on any atom is 0.339 e. The van der Waals surface area contributed by atoms with E-state index in [2.05, 4.69) is 0 Å². The Morgan fingerprint density at radius 3 is 2.08 bits per heavy atom. The number of rotatable bonds is 5. The van der Waals surface area contributed by atoms with Crippen molar-refractivity contribution in [2.75, 3.05) is 0 Å². The summed E-state index contributed by atoms with van der Waals surface area (Å²) in [7, 11) is -4.30. The average molecular weight is 350 g/mol. The molecule has 0 unspecified atom stereocenters. The molecule has 2 rings (SSSR count). The summed E-state index contributed by atoms with van der Waals surface area (Å²) in [5, 5.41) is 18.0. The second-order valence-electron chi connectivity index (χ2n) is 5.12. The molecule has 0 aromatic heterocycles. The zero-order valence-electron chi connectivity index (χ0n) is 12.8. The van der Waals surface area contributed by atoms with Crippen molar-refractivity contribution in [2.24, 2.45) is 0 Å². The molecule has 0 atom stereocenters. The largest absolute Gasteiger partial charge is 0.478 e. The van der Waals surface area contributed by atoms with E-state index in [-0.39, 0.29) is 5.75 Å². The van der Waals surface area contributed by atoms with E-state index in [9.17, 15) is 18.0 Å². The van der Waals surface area contributed by atoms with Crippen LogP contribution in [-0.2, 0) is 10.1 Å². The van der Waals surface area contributed by atoms with Gasteiger partial charge in [-0.15, -0.1) is 0 Å². The Hall–Kier alpha value is -2.87. The third-order valence-electron chi connectivity index (χ3n) is 3.27. The molecule has 0 heterocycles. The Labute approximate surface area is 138 Å². The molecule has 0 saturated carbocycles. The number of carboxylic acid groups (broad SMARTS) is 2. The summed E-state index contributed by atoms with van der Waals surface area (Å²) in [6, 6.07) is 7.59. The highest BCUT2D eigenvalue weighted by Gasteiger charge is 2.23. The van der Waals surface area contributed by atoms with Crippen molar-refractivity contribution in [3.8, 4) is 5.75 Å². The van der Waals surface area contributed by atoms with Gasteiger partial charge in [0.1, 0.15) is 10.6 Å². The molecule has 126 valence electrons. The molecule has 0 aliphatic heterocycles. The summed E-state index contributed by atoms with van der Waals surface area (Å²) in [5.41, 5.74) is 0.385. The fourth-order valence-corrected chi connectivity index (χ4v) is 3.12. The van der Waals surface area contributed by atoms with Crippen molar-refractivity contribution in [3.05, 3.63) is 58.7 Å². The van der Waals surface area contributed by atoms with Crippen LogP contribution in [0.1, 0.15) is 31.8 Å². The van der Waals surface area contributed by atoms with Crippen molar-refractivity contribution in [3.63, 3.8) is 0 Å². The number of aromatic carboxylic acids is 2. The maximum absolute atomic E-state index is 12.3. The Morgan fingerprint density at radius 1 is 0.917 bits per heavy atom. The molecule has 0 radical (unpaired) electrons. The van der Waals surface area contributed by atoms with Gasteiger partial charge >= 0.3 is 22.1 Å². The summed E-state index contributed by atoms with van der Waals surface area (Å²) in [6.07, 6.45) is 0. The van der Waals surface area contributed by atoms with Gasteiger partial charge in [-0.2, -0.15) is 8.42 Å². The molecule has 24 heavy (non-hydrogen) atoms. The minimum Gasteiger partial charge on any atom is -0.478 e. The predicted molar refractivity (Wildman–Crippen MR) is 84.1 cm³/mol. The third-order valence-corrected chi connectivity index (χ3v) is 4.50. The number of aryl methyl sites for hydroxylation is 2. The van der Waals surface area contributed by atoms with E-state index < -0.39 is 38.1 Å². The highest BCUT2D eigenvalue weighted by atomic mass is 32.2. The lowest BCUT2D eigenvalue weighted by Crippen LogP contribution is -2.14. The topological polar surface area (TPSA) is 118 Å². The van der Waals surface area contributed by atoms with Crippen molar-refractivity contribution < 1.29 is 32.4 Å². The average Bonchev–Trinajstić information content (AvgIpc) is 2.49. The highest BCUT2D eigenvalue weighted by molar-refractivity contribution is 7.87. The van der Waals surface area contributed by atoms with Gasteiger partial charge in [0.15, 0.2) is 0 Å². The lowest BCUT2D eigenvalue weighted by atomic mass is 10.1. The quantitative estimate of drug-likeness (QED) is 0.795. The van der Waals surface area contributed by atoms with Crippen molar-refractivity contribution in [1.29, 1.82) is 0 Å². The summed E-state index contributed by atoms with van der Waals surface area (Å²) in [4.78, 5) is 21.7. The molecule has 0 spiro atoms. The van der Waals surface area contributed by atoms with Crippen LogP contribution in [0.2, 0.25) is 0 Å². The van der Waals surface area contributed by atoms with E-state index in [0.717, 1.165) is 23.8 Å². The fraction of sp³-hybridized carbons (Fsp3) is 0.125. The van der Waals surface area contributed by atoms with Crippen molar-refractivity contribution in [1.82, 2.24) is 0 Å². The highest BCUT2D eigenvalue weighted by Crippen LogP contribution is 2.25. The Morgan fingerprint density at radius 2 is 1.54 bits per heavy atom. The molecule has 0 amide bonds. The van der Waals surface area contributed by atoms with Gasteiger partial charge in [0.2, 0.25) is 0 Å². The molecule has 2 aromatic carbocycles. The van der Waals surface area contributed by atoms with Gasteiger partial charge in [-0.05, 0) is 43.7 Å². The van der Waals surface area contributed by atoms with Gasteiger partial charge in [0.25, 0.3) is 0 Å². The minimum atomic E-state index is -4.30. The van der Waals surface area contributed by atoms with Gasteiger partial charge in [0, 0.05) is 0 Å². The molecular formula is C16H14O7S. The molecular weight excluding hydrogens is 336 g/mol. The Balaban J connectivity index is 2.48. The Kier molecular flexibility index (Phi) is 4.61. The van der Waals surface area contributed by atoms with Crippen LogP contribution < -0.4 is 4.18 Å². The van der Waals surface area contributed by atoms with Crippen molar-refractivity contribution in [2.45, 2.75) is 18.7 Å². The second kappa shape index (κ2) is 6.32. The smallest absolute Gasteiger partial charge is 0.339 e. The van der Waals surface area contributed by atoms with Gasteiger partial charge < -0.3 is 14.4 Å². The number of hydrogen-bond acceptors (Lipinski definition) is 5. The molecule has 0 fully saturated rings. The zero-order chi connectivity index (χ0) is 18.1. The lowest BCUT2D eigenvalue weighted by molar-refractivity contribution is 0.0651. The van der Waals surface area contributed by atoms with Crippen LogP contribution in [0.4, 0.5) is 0 Å². The molecule has 0 saturated heterocycles. The zero-order valence-corrected chi connectivity index (χ0v) is 13.6. The van der Waals surface area contributed by atoms with Gasteiger partial charge in [-0.25, -0.2) is 9.59 Å². The molecule has 2 N–H and O–H groups in total. The van der Waals surface area contributed by atoms with Gasteiger partial charge in [-0.3, -0.25) is 0 Å². The van der Waals surface area contributed by atoms with Crippen LogP contribution in [0, 0.1) is 13.8 Å². The fourth-order valence-electron chi connectivity index (χ4n) is 2.10. The monoisotopic (exact) mass is 350 g/mol. The summed E-state index contributed by atoms with van der Waals surface area (Å²) in [5.74, 6) is -2.90. The second-order valence-corrected chi connectivity index (χ2v) is 6.67. The van der Waals surface area contributed by atoms with Crippen LogP contribution in [0.15, 0.2) is 41.3 Å². The van der Waals surface area contributed by atoms with E-state index in [1.165, 1.54) is 6.07 Å². The summed E-state index contributed by atoms with van der Waals surface area (Å²) >= 11 is 0. The number of carbonyl (C=O) groups is 2.